The molecule has 0 aliphatic carbocycles. The highest BCUT2D eigenvalue weighted by Crippen LogP contribution is 2.27. The van der Waals surface area contributed by atoms with Gasteiger partial charge < -0.3 is 14.3 Å². The van der Waals surface area contributed by atoms with Crippen molar-refractivity contribution >= 4 is 23.5 Å². The van der Waals surface area contributed by atoms with Gasteiger partial charge in [0.15, 0.2) is 0 Å². The zero-order chi connectivity index (χ0) is 13.1. The van der Waals surface area contributed by atoms with Crippen molar-refractivity contribution in [3.05, 3.63) is 5.89 Å². The number of anilines is 1. The Labute approximate surface area is 111 Å². The molecule has 0 unspecified atom stereocenters. The predicted molar refractivity (Wildman–Crippen MR) is 67.9 cm³/mol. The van der Waals surface area contributed by atoms with Crippen molar-refractivity contribution in [1.82, 2.24) is 15.0 Å². The molecule has 100 valence electrons. The molecule has 0 N–H and O–H groups in total. The summed E-state index contributed by atoms with van der Waals surface area (Å²) in [5.41, 5.74) is 0. The number of hydrogen-bond donors (Lipinski definition) is 0. The molecule has 1 amide bonds. The SMILES string of the molecule is CN(C)c1noc(C2CCN(C(=O)CCl)CC2)n1. The van der Waals surface area contributed by atoms with Gasteiger partial charge in [0.1, 0.15) is 5.88 Å². The summed E-state index contributed by atoms with van der Waals surface area (Å²) in [6.45, 7) is 1.41. The first-order valence-corrected chi connectivity index (χ1v) is 6.50. The van der Waals surface area contributed by atoms with Crippen LogP contribution in [0.25, 0.3) is 0 Å². The number of hydrogen-bond acceptors (Lipinski definition) is 5. The molecule has 2 rings (SSSR count). The maximum Gasteiger partial charge on any atom is 0.265 e. The fourth-order valence-corrected chi connectivity index (χ4v) is 2.20. The lowest BCUT2D eigenvalue weighted by Gasteiger charge is -2.29. The normalized spacial score (nSPS) is 16.9. The summed E-state index contributed by atoms with van der Waals surface area (Å²) in [6, 6.07) is 0. The number of aromatic nitrogens is 2. The van der Waals surface area contributed by atoms with Gasteiger partial charge in [0, 0.05) is 33.1 Å². The third-order valence-electron chi connectivity index (χ3n) is 3.14. The van der Waals surface area contributed by atoms with Crippen molar-refractivity contribution in [2.75, 3.05) is 38.0 Å². The topological polar surface area (TPSA) is 62.5 Å². The molecular formula is C11H17ClN4O2. The second-order valence-electron chi connectivity index (χ2n) is 4.62. The fraction of sp³-hybridized carbons (Fsp3) is 0.727. The van der Waals surface area contributed by atoms with Crippen LogP contribution < -0.4 is 4.90 Å². The van der Waals surface area contributed by atoms with Crippen LogP contribution in [0.4, 0.5) is 5.95 Å². The third kappa shape index (κ3) is 2.75. The number of piperidine rings is 1. The van der Waals surface area contributed by atoms with Gasteiger partial charge in [0.25, 0.3) is 5.95 Å². The van der Waals surface area contributed by atoms with E-state index in [1.165, 1.54) is 0 Å². The fourth-order valence-electron chi connectivity index (χ4n) is 2.03. The van der Waals surface area contributed by atoms with E-state index in [2.05, 4.69) is 10.1 Å². The Bertz CT molecular complexity index is 413. The summed E-state index contributed by atoms with van der Waals surface area (Å²) in [6.07, 6.45) is 1.69. The van der Waals surface area contributed by atoms with Crippen LogP contribution in [0.2, 0.25) is 0 Å². The number of carbonyl (C=O) groups is 1. The Morgan fingerprint density at radius 1 is 1.50 bits per heavy atom. The molecule has 1 aromatic rings. The van der Waals surface area contributed by atoms with Gasteiger partial charge >= 0.3 is 0 Å². The molecule has 1 aliphatic rings. The molecule has 2 heterocycles. The second-order valence-corrected chi connectivity index (χ2v) is 4.88. The Hall–Kier alpha value is -1.30. The van der Waals surface area contributed by atoms with E-state index in [9.17, 15) is 4.79 Å². The minimum atomic E-state index is -0.00498. The number of alkyl halides is 1. The molecule has 18 heavy (non-hydrogen) atoms. The van der Waals surface area contributed by atoms with Gasteiger partial charge in [-0.3, -0.25) is 4.79 Å². The van der Waals surface area contributed by atoms with Crippen LogP contribution in [-0.2, 0) is 4.79 Å². The number of likely N-dealkylation sites (tertiary alicyclic amines) is 1. The highest BCUT2D eigenvalue weighted by Gasteiger charge is 2.27. The average molecular weight is 273 g/mol. The van der Waals surface area contributed by atoms with E-state index in [4.69, 9.17) is 16.1 Å². The van der Waals surface area contributed by atoms with Gasteiger partial charge in [-0.05, 0) is 18.0 Å². The standard InChI is InChI=1S/C11H17ClN4O2/c1-15(2)11-13-10(18-14-11)8-3-5-16(6-4-8)9(17)7-12/h8H,3-7H2,1-2H3. The van der Waals surface area contributed by atoms with Crippen LogP contribution in [0.3, 0.4) is 0 Å². The molecule has 0 spiro atoms. The summed E-state index contributed by atoms with van der Waals surface area (Å²) < 4.78 is 5.26. The van der Waals surface area contributed by atoms with Gasteiger partial charge in [-0.2, -0.15) is 4.98 Å². The first-order valence-electron chi connectivity index (χ1n) is 5.96. The van der Waals surface area contributed by atoms with Gasteiger partial charge in [0.05, 0.1) is 0 Å². The van der Waals surface area contributed by atoms with E-state index >= 15 is 0 Å². The molecule has 0 aromatic carbocycles. The molecule has 7 heteroatoms. The molecule has 1 saturated heterocycles. The highest BCUT2D eigenvalue weighted by atomic mass is 35.5. The number of halogens is 1. The lowest BCUT2D eigenvalue weighted by Crippen LogP contribution is -2.38. The van der Waals surface area contributed by atoms with Crippen molar-refractivity contribution in [2.45, 2.75) is 18.8 Å². The van der Waals surface area contributed by atoms with E-state index < -0.39 is 0 Å². The highest BCUT2D eigenvalue weighted by molar-refractivity contribution is 6.27. The van der Waals surface area contributed by atoms with Gasteiger partial charge in [-0.15, -0.1) is 11.6 Å². The van der Waals surface area contributed by atoms with E-state index in [1.807, 2.05) is 14.1 Å². The maximum absolute atomic E-state index is 11.4. The Balaban J connectivity index is 1.94. The Kier molecular flexibility index (Phi) is 4.06. The molecule has 1 aromatic heterocycles. The average Bonchev–Trinajstić information content (AvgIpc) is 2.88. The molecule has 1 aliphatic heterocycles. The first kappa shape index (κ1) is 13.1. The van der Waals surface area contributed by atoms with Crippen LogP contribution in [0.5, 0.6) is 0 Å². The second kappa shape index (κ2) is 5.56. The Morgan fingerprint density at radius 2 is 2.17 bits per heavy atom. The summed E-state index contributed by atoms with van der Waals surface area (Å²) in [4.78, 5) is 19.4. The minimum absolute atomic E-state index is 0.00498. The lowest BCUT2D eigenvalue weighted by molar-refractivity contribution is -0.129. The summed E-state index contributed by atoms with van der Waals surface area (Å²) in [7, 11) is 3.74. The first-order chi connectivity index (χ1) is 8.61. The van der Waals surface area contributed by atoms with E-state index in [0.717, 1.165) is 12.8 Å². The summed E-state index contributed by atoms with van der Waals surface area (Å²) in [5, 5.41) is 3.90. The van der Waals surface area contributed by atoms with Crippen LogP contribution in [0, 0.1) is 0 Å². The Morgan fingerprint density at radius 3 is 2.67 bits per heavy atom. The van der Waals surface area contributed by atoms with Crippen molar-refractivity contribution < 1.29 is 9.32 Å². The van der Waals surface area contributed by atoms with Crippen molar-refractivity contribution in [1.29, 1.82) is 0 Å². The van der Waals surface area contributed by atoms with Crippen LogP contribution in [-0.4, -0.2) is 54.0 Å². The van der Waals surface area contributed by atoms with E-state index in [0.29, 0.717) is 24.9 Å². The van der Waals surface area contributed by atoms with Crippen molar-refractivity contribution in [2.24, 2.45) is 0 Å². The summed E-state index contributed by atoms with van der Waals surface area (Å²) in [5.74, 6) is 1.54. The zero-order valence-corrected chi connectivity index (χ0v) is 11.4. The number of carbonyl (C=O) groups excluding carboxylic acids is 1. The number of nitrogens with zero attached hydrogens (tertiary/aromatic N) is 4. The van der Waals surface area contributed by atoms with Crippen molar-refractivity contribution in [3.8, 4) is 0 Å². The maximum atomic E-state index is 11.4. The minimum Gasteiger partial charge on any atom is -0.344 e. The molecule has 0 atom stereocenters. The molecule has 0 saturated carbocycles. The lowest BCUT2D eigenvalue weighted by atomic mass is 9.97. The van der Waals surface area contributed by atoms with E-state index in [-0.39, 0.29) is 17.7 Å². The van der Waals surface area contributed by atoms with Crippen LogP contribution in [0.15, 0.2) is 4.52 Å². The monoisotopic (exact) mass is 272 g/mol. The smallest absolute Gasteiger partial charge is 0.265 e. The number of rotatable bonds is 3. The summed E-state index contributed by atoms with van der Waals surface area (Å²) >= 11 is 5.54. The van der Waals surface area contributed by atoms with Crippen LogP contribution in [0.1, 0.15) is 24.7 Å². The molecule has 0 bridgehead atoms. The largest absolute Gasteiger partial charge is 0.344 e. The van der Waals surface area contributed by atoms with E-state index in [1.54, 1.807) is 9.80 Å². The molecule has 6 nitrogen and oxygen atoms in total. The molecule has 1 fully saturated rings. The van der Waals surface area contributed by atoms with Gasteiger partial charge in [-0.1, -0.05) is 0 Å². The zero-order valence-electron chi connectivity index (χ0n) is 10.6. The predicted octanol–water partition coefficient (Wildman–Crippen LogP) is 1.08. The van der Waals surface area contributed by atoms with Crippen LogP contribution >= 0.6 is 11.6 Å². The molecule has 0 radical (unpaired) electrons. The quantitative estimate of drug-likeness (QED) is 0.771. The van der Waals surface area contributed by atoms with Gasteiger partial charge in [0.2, 0.25) is 11.8 Å². The van der Waals surface area contributed by atoms with Gasteiger partial charge in [-0.25, -0.2) is 0 Å². The molecular weight excluding hydrogens is 256 g/mol. The third-order valence-corrected chi connectivity index (χ3v) is 3.37. The van der Waals surface area contributed by atoms with Crippen molar-refractivity contribution in [3.63, 3.8) is 0 Å². The number of amides is 1.